The van der Waals surface area contributed by atoms with Crippen molar-refractivity contribution >= 4 is 46.4 Å². The van der Waals surface area contributed by atoms with E-state index >= 15 is 0 Å². The zero-order valence-corrected chi connectivity index (χ0v) is 20.8. The standard InChI is InChI=1S/C26H27ClN6O2/c1-16-5-10-22(29-15-16)30-26(35)20-13-19(27)14-21(32(2)3)23(20)31-25(34)18-8-6-17(7-9-18)24-28-11-12-33(24)4/h5-10,13-15H,11-12H2,1-4H3,(H,31,34)(H,29,30,35). The number of amidine groups is 1. The summed E-state index contributed by atoms with van der Waals surface area (Å²) < 4.78 is 0. The summed E-state index contributed by atoms with van der Waals surface area (Å²) in [6, 6.07) is 14.1. The highest BCUT2D eigenvalue weighted by Gasteiger charge is 2.21. The van der Waals surface area contributed by atoms with E-state index in [2.05, 4.69) is 25.5 Å². The van der Waals surface area contributed by atoms with Gasteiger partial charge in [-0.1, -0.05) is 29.8 Å². The van der Waals surface area contributed by atoms with Gasteiger partial charge in [-0.3, -0.25) is 14.6 Å². The molecule has 4 rings (SSSR count). The number of likely N-dealkylation sites (N-methyl/N-ethyl adjacent to an activating group) is 1. The number of hydrogen-bond donors (Lipinski definition) is 2. The largest absolute Gasteiger partial charge is 0.376 e. The maximum Gasteiger partial charge on any atom is 0.259 e. The Kier molecular flexibility index (Phi) is 7.02. The van der Waals surface area contributed by atoms with Crippen molar-refractivity contribution in [3.8, 4) is 0 Å². The van der Waals surface area contributed by atoms with Crippen molar-refractivity contribution in [2.45, 2.75) is 6.92 Å². The van der Waals surface area contributed by atoms with Crippen molar-refractivity contribution in [1.82, 2.24) is 9.88 Å². The topological polar surface area (TPSA) is 89.9 Å². The number of benzene rings is 2. The van der Waals surface area contributed by atoms with Crippen LogP contribution in [0.25, 0.3) is 0 Å². The molecule has 2 heterocycles. The fourth-order valence-corrected chi connectivity index (χ4v) is 3.99. The number of pyridine rings is 1. The lowest BCUT2D eigenvalue weighted by molar-refractivity contribution is 0.102. The molecule has 1 aromatic heterocycles. The summed E-state index contributed by atoms with van der Waals surface area (Å²) in [5.41, 5.74) is 3.58. The number of aliphatic imine (C=N–C) groups is 1. The van der Waals surface area contributed by atoms with Crippen molar-refractivity contribution in [3.05, 3.63) is 82.0 Å². The average Bonchev–Trinajstić information content (AvgIpc) is 3.27. The second-order valence-electron chi connectivity index (χ2n) is 8.58. The Morgan fingerprint density at radius 1 is 1.03 bits per heavy atom. The summed E-state index contributed by atoms with van der Waals surface area (Å²) in [4.78, 5) is 39.0. The average molecular weight is 491 g/mol. The van der Waals surface area contributed by atoms with Crippen LogP contribution >= 0.6 is 11.6 Å². The summed E-state index contributed by atoms with van der Waals surface area (Å²) in [5.74, 6) is 0.541. The lowest BCUT2D eigenvalue weighted by Gasteiger charge is -2.21. The van der Waals surface area contributed by atoms with Crippen LogP contribution in [0.1, 0.15) is 31.8 Å². The Hall–Kier alpha value is -3.91. The van der Waals surface area contributed by atoms with Crippen LogP contribution < -0.4 is 15.5 Å². The fraction of sp³-hybridized carbons (Fsp3) is 0.231. The first-order chi connectivity index (χ1) is 16.7. The molecule has 0 radical (unpaired) electrons. The molecule has 9 heteroatoms. The minimum Gasteiger partial charge on any atom is -0.376 e. The molecule has 8 nitrogen and oxygen atoms in total. The van der Waals surface area contributed by atoms with Crippen LogP contribution in [0.2, 0.25) is 5.02 Å². The van der Waals surface area contributed by atoms with Crippen molar-refractivity contribution < 1.29 is 9.59 Å². The van der Waals surface area contributed by atoms with Crippen LogP contribution in [0, 0.1) is 6.92 Å². The Morgan fingerprint density at radius 2 is 1.77 bits per heavy atom. The van der Waals surface area contributed by atoms with Gasteiger partial charge in [0.25, 0.3) is 11.8 Å². The molecule has 0 saturated heterocycles. The van der Waals surface area contributed by atoms with Crippen molar-refractivity contribution in [1.29, 1.82) is 0 Å². The van der Waals surface area contributed by atoms with Crippen LogP contribution in [0.4, 0.5) is 17.2 Å². The quantitative estimate of drug-likeness (QED) is 0.537. The monoisotopic (exact) mass is 490 g/mol. The zero-order valence-electron chi connectivity index (χ0n) is 20.1. The molecule has 180 valence electrons. The smallest absolute Gasteiger partial charge is 0.259 e. The molecular formula is C26H27ClN6O2. The second-order valence-corrected chi connectivity index (χ2v) is 9.01. The van der Waals surface area contributed by atoms with Gasteiger partial charge in [0, 0.05) is 50.0 Å². The maximum absolute atomic E-state index is 13.2. The maximum atomic E-state index is 13.2. The summed E-state index contributed by atoms with van der Waals surface area (Å²) in [7, 11) is 5.63. The van der Waals surface area contributed by atoms with E-state index in [9.17, 15) is 9.59 Å². The molecule has 0 saturated carbocycles. The Bertz CT molecular complexity index is 1290. The van der Waals surface area contributed by atoms with Gasteiger partial charge in [-0.25, -0.2) is 4.98 Å². The molecule has 2 amide bonds. The summed E-state index contributed by atoms with van der Waals surface area (Å²) >= 11 is 6.33. The molecule has 1 aliphatic heterocycles. The lowest BCUT2D eigenvalue weighted by atomic mass is 10.1. The third kappa shape index (κ3) is 5.44. The third-order valence-electron chi connectivity index (χ3n) is 5.66. The van der Waals surface area contributed by atoms with Gasteiger partial charge in [0.05, 0.1) is 23.5 Å². The van der Waals surface area contributed by atoms with Gasteiger partial charge in [0.2, 0.25) is 0 Å². The Labute approximate surface area is 209 Å². The number of hydrogen-bond acceptors (Lipinski definition) is 6. The van der Waals surface area contributed by atoms with E-state index < -0.39 is 5.91 Å². The second kappa shape index (κ2) is 10.1. The number of halogens is 1. The molecule has 3 aromatic rings. The molecule has 0 bridgehead atoms. The van der Waals surface area contributed by atoms with Crippen LogP contribution in [0.15, 0.2) is 59.7 Å². The van der Waals surface area contributed by atoms with Gasteiger partial charge >= 0.3 is 0 Å². The van der Waals surface area contributed by atoms with Crippen molar-refractivity contribution in [2.75, 3.05) is 49.8 Å². The third-order valence-corrected chi connectivity index (χ3v) is 5.88. The van der Waals surface area contributed by atoms with Gasteiger partial charge in [-0.2, -0.15) is 0 Å². The van der Waals surface area contributed by atoms with Gasteiger partial charge in [0.1, 0.15) is 11.7 Å². The van der Waals surface area contributed by atoms with E-state index in [4.69, 9.17) is 11.6 Å². The number of aryl methyl sites for hydroxylation is 1. The Morgan fingerprint density at radius 3 is 2.37 bits per heavy atom. The van der Waals surface area contributed by atoms with E-state index in [-0.39, 0.29) is 11.5 Å². The Balaban J connectivity index is 1.63. The molecule has 0 spiro atoms. The van der Waals surface area contributed by atoms with E-state index in [1.165, 1.54) is 6.07 Å². The predicted octanol–water partition coefficient (Wildman–Crippen LogP) is 4.31. The summed E-state index contributed by atoms with van der Waals surface area (Å²) in [6.07, 6.45) is 1.67. The van der Waals surface area contributed by atoms with Crippen LogP contribution in [0.3, 0.4) is 0 Å². The molecule has 0 fully saturated rings. The molecule has 2 N–H and O–H groups in total. The first kappa shape index (κ1) is 24.2. The van der Waals surface area contributed by atoms with E-state index in [1.807, 2.05) is 46.3 Å². The van der Waals surface area contributed by atoms with E-state index in [0.717, 1.165) is 30.1 Å². The van der Waals surface area contributed by atoms with E-state index in [0.29, 0.717) is 27.8 Å². The molecule has 2 aromatic carbocycles. The number of nitrogens with zero attached hydrogens (tertiary/aromatic N) is 4. The zero-order chi connectivity index (χ0) is 25.1. The molecule has 0 atom stereocenters. The van der Waals surface area contributed by atoms with Crippen molar-refractivity contribution in [2.24, 2.45) is 4.99 Å². The number of anilines is 3. The highest BCUT2D eigenvalue weighted by molar-refractivity contribution is 6.32. The van der Waals surface area contributed by atoms with E-state index in [1.54, 1.807) is 35.4 Å². The SMILES string of the molecule is Cc1ccc(NC(=O)c2cc(Cl)cc(N(C)C)c2NC(=O)c2ccc(C3=NCCN3C)cc2)nc1. The highest BCUT2D eigenvalue weighted by atomic mass is 35.5. The first-order valence-corrected chi connectivity index (χ1v) is 11.5. The highest BCUT2D eigenvalue weighted by Crippen LogP contribution is 2.33. The molecule has 35 heavy (non-hydrogen) atoms. The number of rotatable bonds is 6. The van der Waals surface area contributed by atoms with Crippen molar-refractivity contribution in [3.63, 3.8) is 0 Å². The normalized spacial score (nSPS) is 12.8. The van der Waals surface area contributed by atoms with Gasteiger partial charge in [0.15, 0.2) is 0 Å². The minimum atomic E-state index is -0.431. The van der Waals surface area contributed by atoms with Crippen LogP contribution in [-0.4, -0.2) is 61.8 Å². The summed E-state index contributed by atoms with van der Waals surface area (Å²) in [5, 5.41) is 6.07. The van der Waals surface area contributed by atoms with Gasteiger partial charge in [-0.15, -0.1) is 0 Å². The fourth-order valence-electron chi connectivity index (χ4n) is 3.78. The minimum absolute atomic E-state index is 0.232. The number of carbonyl (C=O) groups excluding carboxylic acids is 2. The molecule has 0 unspecified atom stereocenters. The summed E-state index contributed by atoms with van der Waals surface area (Å²) in [6.45, 7) is 3.56. The van der Waals surface area contributed by atoms with Crippen LogP contribution in [0.5, 0.6) is 0 Å². The van der Waals surface area contributed by atoms with Crippen LogP contribution in [-0.2, 0) is 0 Å². The number of carbonyl (C=O) groups is 2. The number of amides is 2. The predicted molar refractivity (Wildman–Crippen MR) is 141 cm³/mol. The van der Waals surface area contributed by atoms with Gasteiger partial charge < -0.3 is 20.4 Å². The van der Waals surface area contributed by atoms with Gasteiger partial charge in [-0.05, 0) is 42.8 Å². The molecule has 1 aliphatic rings. The number of nitrogens with one attached hydrogen (secondary N) is 2. The molecule has 0 aliphatic carbocycles. The molecular weight excluding hydrogens is 464 g/mol. The number of aromatic nitrogens is 1. The lowest BCUT2D eigenvalue weighted by Crippen LogP contribution is -2.24. The first-order valence-electron chi connectivity index (χ1n) is 11.1.